The Kier molecular flexibility index (Phi) is 6.27. The number of hydrogen-bond acceptors (Lipinski definition) is 6. The monoisotopic (exact) mass is 477 g/mol. The first-order valence-electron chi connectivity index (χ1n) is 12.6. The number of carbonyl (C=O) groups is 2. The molecule has 2 saturated heterocycles. The third-order valence-electron chi connectivity index (χ3n) is 7.52. The number of pyridine rings is 1. The van der Waals surface area contributed by atoms with Crippen molar-refractivity contribution >= 4 is 39.8 Å². The molecule has 2 aliphatic rings. The summed E-state index contributed by atoms with van der Waals surface area (Å²) in [4.78, 5) is 36.3. The normalized spacial score (nSPS) is 20.5. The van der Waals surface area contributed by atoms with Gasteiger partial charge in [-0.05, 0) is 70.2 Å². The smallest absolute Gasteiger partial charge is 0.252 e. The van der Waals surface area contributed by atoms with Gasteiger partial charge in [0.15, 0.2) is 0 Å². The molecule has 35 heavy (non-hydrogen) atoms. The van der Waals surface area contributed by atoms with E-state index in [2.05, 4.69) is 38.0 Å². The molecule has 1 atom stereocenters. The molecule has 0 radical (unpaired) electrons. The van der Waals surface area contributed by atoms with E-state index in [4.69, 9.17) is 5.73 Å². The number of aldehydes is 1. The third-order valence-corrected chi connectivity index (χ3v) is 7.52. The lowest BCUT2D eigenvalue weighted by Gasteiger charge is -2.35. The summed E-state index contributed by atoms with van der Waals surface area (Å²) in [7, 11) is 0. The molecule has 8 nitrogen and oxygen atoms in total. The summed E-state index contributed by atoms with van der Waals surface area (Å²) in [6.07, 6.45) is 6.51. The summed E-state index contributed by atoms with van der Waals surface area (Å²) in [6.45, 7) is 7.79. The van der Waals surface area contributed by atoms with Gasteiger partial charge < -0.3 is 30.4 Å². The predicted molar refractivity (Wildman–Crippen MR) is 138 cm³/mol. The van der Waals surface area contributed by atoms with Crippen molar-refractivity contribution in [3.05, 3.63) is 35.5 Å². The number of amides is 1. The second kappa shape index (κ2) is 9.24. The van der Waals surface area contributed by atoms with Gasteiger partial charge in [-0.1, -0.05) is 12.1 Å². The van der Waals surface area contributed by atoms with Crippen LogP contribution in [-0.4, -0.2) is 70.5 Å². The SMILES string of the molecule is CC(C)(O)CN1CCC(c2ccc3c(c2)[nH]c2c(C(N)=O)cnc(N4CCCC(C=O)C4)c23)CC1. The van der Waals surface area contributed by atoms with E-state index in [1.54, 1.807) is 6.20 Å². The summed E-state index contributed by atoms with van der Waals surface area (Å²) in [6, 6.07) is 6.52. The van der Waals surface area contributed by atoms with Crippen LogP contribution < -0.4 is 10.6 Å². The van der Waals surface area contributed by atoms with Crippen LogP contribution in [0.15, 0.2) is 24.4 Å². The fourth-order valence-electron chi connectivity index (χ4n) is 5.87. The number of aromatic nitrogens is 2. The number of aromatic amines is 1. The molecule has 1 unspecified atom stereocenters. The van der Waals surface area contributed by atoms with Gasteiger partial charge in [0.25, 0.3) is 5.91 Å². The topological polar surface area (TPSA) is 116 Å². The van der Waals surface area contributed by atoms with Gasteiger partial charge in [-0.15, -0.1) is 0 Å². The van der Waals surface area contributed by atoms with Crippen molar-refractivity contribution < 1.29 is 14.7 Å². The molecule has 3 aromatic rings. The highest BCUT2D eigenvalue weighted by Crippen LogP contribution is 2.38. The molecule has 8 heteroatoms. The van der Waals surface area contributed by atoms with E-state index < -0.39 is 11.5 Å². The summed E-state index contributed by atoms with van der Waals surface area (Å²) in [5.74, 6) is 0.739. The Morgan fingerprint density at radius 2 is 2.03 bits per heavy atom. The lowest BCUT2D eigenvalue weighted by molar-refractivity contribution is -0.111. The van der Waals surface area contributed by atoms with E-state index in [0.29, 0.717) is 30.1 Å². The minimum absolute atomic E-state index is 0.00417. The molecule has 1 aromatic carbocycles. The van der Waals surface area contributed by atoms with Gasteiger partial charge in [-0.2, -0.15) is 0 Å². The van der Waals surface area contributed by atoms with Crippen molar-refractivity contribution in [1.29, 1.82) is 0 Å². The zero-order valence-corrected chi connectivity index (χ0v) is 20.6. The second-order valence-electron chi connectivity index (χ2n) is 10.9. The van der Waals surface area contributed by atoms with Gasteiger partial charge in [0.05, 0.1) is 22.1 Å². The number of likely N-dealkylation sites (tertiary alicyclic amines) is 1. The average molecular weight is 478 g/mol. The van der Waals surface area contributed by atoms with Gasteiger partial charge >= 0.3 is 0 Å². The first-order valence-corrected chi connectivity index (χ1v) is 12.6. The number of hydrogen-bond donors (Lipinski definition) is 3. The molecule has 5 rings (SSSR count). The fraction of sp³-hybridized carbons (Fsp3) is 0.519. The molecule has 186 valence electrons. The number of benzene rings is 1. The molecular weight excluding hydrogens is 442 g/mol. The van der Waals surface area contributed by atoms with E-state index in [1.165, 1.54) is 5.56 Å². The molecule has 2 aliphatic heterocycles. The maximum atomic E-state index is 12.2. The average Bonchev–Trinajstić information content (AvgIpc) is 3.21. The van der Waals surface area contributed by atoms with Crippen molar-refractivity contribution in [2.75, 3.05) is 37.6 Å². The number of fused-ring (bicyclic) bond motifs is 3. The Bertz CT molecular complexity index is 1250. The van der Waals surface area contributed by atoms with Crippen LogP contribution >= 0.6 is 0 Å². The molecule has 2 fully saturated rings. The van der Waals surface area contributed by atoms with Gasteiger partial charge in [0.1, 0.15) is 12.1 Å². The molecule has 4 heterocycles. The molecular formula is C27H35N5O3. The molecule has 0 bridgehead atoms. The number of β-amino-alcohol motifs (C(OH)–C–C–N with tert-alkyl or cyclic N) is 1. The summed E-state index contributed by atoms with van der Waals surface area (Å²) in [5, 5.41) is 12.1. The first-order chi connectivity index (χ1) is 16.7. The van der Waals surface area contributed by atoms with Crippen LogP contribution in [0.3, 0.4) is 0 Å². The maximum Gasteiger partial charge on any atom is 0.252 e. The van der Waals surface area contributed by atoms with Crippen LogP contribution in [0, 0.1) is 5.92 Å². The van der Waals surface area contributed by atoms with E-state index in [0.717, 1.165) is 73.7 Å². The lowest BCUT2D eigenvalue weighted by atomic mass is 9.88. The Labute approximate surface area is 205 Å². The molecule has 0 spiro atoms. The van der Waals surface area contributed by atoms with Crippen LogP contribution in [0.2, 0.25) is 0 Å². The summed E-state index contributed by atoms with van der Waals surface area (Å²) in [5.41, 5.74) is 8.35. The predicted octanol–water partition coefficient (Wildman–Crippen LogP) is 3.18. The Balaban J connectivity index is 1.50. The molecule has 4 N–H and O–H groups in total. The summed E-state index contributed by atoms with van der Waals surface area (Å²) >= 11 is 0. The zero-order chi connectivity index (χ0) is 24.7. The van der Waals surface area contributed by atoms with Gasteiger partial charge in [0.2, 0.25) is 0 Å². The largest absolute Gasteiger partial charge is 0.389 e. The number of nitrogens with one attached hydrogen (secondary N) is 1. The maximum absolute atomic E-state index is 12.2. The van der Waals surface area contributed by atoms with E-state index in [9.17, 15) is 14.7 Å². The van der Waals surface area contributed by atoms with Crippen LogP contribution in [0.1, 0.15) is 61.4 Å². The Morgan fingerprint density at radius 1 is 1.26 bits per heavy atom. The second-order valence-corrected chi connectivity index (χ2v) is 10.9. The van der Waals surface area contributed by atoms with Crippen LogP contribution in [0.25, 0.3) is 21.8 Å². The third kappa shape index (κ3) is 4.77. The molecule has 0 aliphatic carbocycles. The van der Waals surface area contributed by atoms with E-state index >= 15 is 0 Å². The molecule has 0 saturated carbocycles. The molecule has 1 amide bonds. The van der Waals surface area contributed by atoms with Crippen molar-refractivity contribution in [2.45, 2.75) is 51.0 Å². The Hall–Kier alpha value is -2.97. The minimum Gasteiger partial charge on any atom is -0.389 e. The number of H-pyrrole nitrogens is 1. The molecule has 2 aromatic heterocycles. The van der Waals surface area contributed by atoms with Crippen molar-refractivity contribution in [1.82, 2.24) is 14.9 Å². The zero-order valence-electron chi connectivity index (χ0n) is 20.6. The lowest BCUT2D eigenvalue weighted by Crippen LogP contribution is -2.42. The Morgan fingerprint density at radius 3 is 2.71 bits per heavy atom. The van der Waals surface area contributed by atoms with Crippen LogP contribution in [0.4, 0.5) is 5.82 Å². The highest BCUT2D eigenvalue weighted by Gasteiger charge is 2.27. The van der Waals surface area contributed by atoms with E-state index in [-0.39, 0.29) is 5.92 Å². The number of rotatable bonds is 6. The summed E-state index contributed by atoms with van der Waals surface area (Å²) < 4.78 is 0. The van der Waals surface area contributed by atoms with Crippen molar-refractivity contribution in [3.8, 4) is 0 Å². The fourth-order valence-corrected chi connectivity index (χ4v) is 5.87. The highest BCUT2D eigenvalue weighted by molar-refractivity contribution is 6.18. The van der Waals surface area contributed by atoms with Crippen LogP contribution in [-0.2, 0) is 4.79 Å². The number of anilines is 1. The number of primary amides is 1. The van der Waals surface area contributed by atoms with Crippen molar-refractivity contribution in [3.63, 3.8) is 0 Å². The number of carbonyl (C=O) groups excluding carboxylic acids is 2. The van der Waals surface area contributed by atoms with Gasteiger partial charge in [-0.3, -0.25) is 4.79 Å². The van der Waals surface area contributed by atoms with E-state index in [1.807, 2.05) is 13.8 Å². The van der Waals surface area contributed by atoms with Gasteiger partial charge in [-0.25, -0.2) is 4.98 Å². The number of nitrogens with two attached hydrogens (primary N) is 1. The highest BCUT2D eigenvalue weighted by atomic mass is 16.3. The first kappa shape index (κ1) is 23.8. The standard InChI is InChI=1S/C27H35N5O3/c1-27(2,35)16-31-10-7-18(8-11-31)19-5-6-20-22(12-19)30-24-21(25(28)34)13-29-26(23(20)24)32-9-3-4-17(14-32)15-33/h5-6,12-13,15,17-18,30,35H,3-4,7-11,14,16H2,1-2H3,(H2,28,34). The van der Waals surface area contributed by atoms with Crippen molar-refractivity contribution in [2.24, 2.45) is 11.7 Å². The quantitative estimate of drug-likeness (QED) is 0.470. The number of aliphatic hydroxyl groups is 1. The number of piperidine rings is 2. The number of nitrogens with zero attached hydrogens (tertiary/aromatic N) is 3. The minimum atomic E-state index is -0.680. The van der Waals surface area contributed by atoms with Gasteiger partial charge in [0, 0.05) is 42.7 Å². The van der Waals surface area contributed by atoms with Crippen LogP contribution in [0.5, 0.6) is 0 Å².